The summed E-state index contributed by atoms with van der Waals surface area (Å²) < 4.78 is 11.4. The molecule has 0 saturated heterocycles. The number of aliphatic hydroxyl groups excluding tert-OH is 1. The Morgan fingerprint density at radius 1 is 0.833 bits per heavy atom. The molecule has 1 aliphatic rings. The maximum absolute atomic E-state index is 10.7. The van der Waals surface area contributed by atoms with Crippen LogP contribution < -0.4 is 20.1 Å². The first-order valence-electron chi connectivity index (χ1n) is 8.25. The Morgan fingerprint density at radius 3 is 1.71 bits per heavy atom. The van der Waals surface area contributed by atoms with Gasteiger partial charge in [0.25, 0.3) is 0 Å². The maximum Gasteiger partial charge on any atom is 0.119 e. The molecule has 3 N–H and O–H groups in total. The highest BCUT2D eigenvalue weighted by atomic mass is 16.5. The van der Waals surface area contributed by atoms with Gasteiger partial charge < -0.3 is 25.2 Å². The summed E-state index contributed by atoms with van der Waals surface area (Å²) in [4.78, 5) is 0. The van der Waals surface area contributed by atoms with Crippen LogP contribution in [0.5, 0.6) is 11.5 Å². The smallest absolute Gasteiger partial charge is 0.119 e. The lowest BCUT2D eigenvalue weighted by atomic mass is 10.1. The molecule has 0 aromatic heterocycles. The molecule has 24 heavy (non-hydrogen) atoms. The van der Waals surface area contributed by atoms with Crippen LogP contribution in [0.25, 0.3) is 11.1 Å². The molecule has 0 bridgehead atoms. The van der Waals surface area contributed by atoms with Crippen molar-refractivity contribution >= 4 is 0 Å². The summed E-state index contributed by atoms with van der Waals surface area (Å²) >= 11 is 0. The van der Waals surface area contributed by atoms with Gasteiger partial charge in [-0.3, -0.25) is 0 Å². The zero-order valence-electron chi connectivity index (χ0n) is 14.1. The molecule has 0 unspecified atom stereocenters. The summed E-state index contributed by atoms with van der Waals surface area (Å²) in [6.07, 6.45) is -0.643. The minimum atomic E-state index is -0.643. The summed E-state index contributed by atoms with van der Waals surface area (Å²) in [5.74, 6) is 1.56. The Morgan fingerprint density at radius 2 is 1.29 bits per heavy atom. The van der Waals surface area contributed by atoms with E-state index < -0.39 is 6.10 Å². The molecule has 5 heteroatoms. The van der Waals surface area contributed by atoms with Crippen LogP contribution in [0, 0.1) is 0 Å². The van der Waals surface area contributed by atoms with Crippen molar-refractivity contribution in [2.24, 2.45) is 0 Å². The fraction of sp³-hybridized carbons (Fsp3) is 0.368. The largest absolute Gasteiger partial charge is 0.492 e. The van der Waals surface area contributed by atoms with Gasteiger partial charge in [0, 0.05) is 13.1 Å². The van der Waals surface area contributed by atoms with E-state index in [9.17, 15) is 5.11 Å². The zero-order valence-corrected chi connectivity index (χ0v) is 14.1. The first kappa shape index (κ1) is 16.8. The monoisotopic (exact) mass is 328 g/mol. The van der Waals surface area contributed by atoms with Crippen LogP contribution in [0.1, 0.15) is 17.2 Å². The van der Waals surface area contributed by atoms with Crippen LogP contribution in [0.4, 0.5) is 0 Å². The van der Waals surface area contributed by atoms with Gasteiger partial charge in [-0.25, -0.2) is 0 Å². The van der Waals surface area contributed by atoms with Crippen molar-refractivity contribution in [2.75, 3.05) is 40.4 Å². The molecule has 0 amide bonds. The first-order valence-corrected chi connectivity index (χ1v) is 8.25. The van der Waals surface area contributed by atoms with E-state index in [-0.39, 0.29) is 0 Å². The van der Waals surface area contributed by atoms with Crippen molar-refractivity contribution in [1.82, 2.24) is 10.6 Å². The molecular formula is C19H24N2O3. The highest BCUT2D eigenvalue weighted by Crippen LogP contribution is 2.45. The van der Waals surface area contributed by atoms with Crippen molar-refractivity contribution < 1.29 is 14.6 Å². The van der Waals surface area contributed by atoms with Gasteiger partial charge in [-0.05, 0) is 60.6 Å². The molecule has 0 atom stereocenters. The Kier molecular flexibility index (Phi) is 5.35. The normalized spacial score (nSPS) is 12.8. The number of benzene rings is 2. The van der Waals surface area contributed by atoms with E-state index in [0.29, 0.717) is 13.2 Å². The molecule has 0 spiro atoms. The highest BCUT2D eigenvalue weighted by molar-refractivity contribution is 5.79. The van der Waals surface area contributed by atoms with Crippen molar-refractivity contribution in [3.63, 3.8) is 0 Å². The lowest BCUT2D eigenvalue weighted by Gasteiger charge is -2.10. The number of rotatable bonds is 8. The second-order valence-electron chi connectivity index (χ2n) is 5.80. The van der Waals surface area contributed by atoms with Crippen LogP contribution in [-0.4, -0.2) is 45.5 Å². The third-order valence-electron chi connectivity index (χ3n) is 4.17. The second-order valence-corrected chi connectivity index (χ2v) is 5.80. The standard InChI is InChI=1S/C19H24N2O3/c1-20-7-9-23-13-3-5-15-16-6-4-14(24-10-8-21-2)12-18(16)19(22)17(15)11-13/h3-6,11-12,19-22H,7-10H2,1-2H3. The van der Waals surface area contributed by atoms with Crippen LogP contribution in [0.15, 0.2) is 36.4 Å². The predicted octanol–water partition coefficient (Wildman–Crippen LogP) is 1.95. The lowest BCUT2D eigenvalue weighted by Crippen LogP contribution is -2.16. The second kappa shape index (κ2) is 7.66. The molecule has 0 aliphatic heterocycles. The van der Waals surface area contributed by atoms with Crippen LogP contribution in [0.2, 0.25) is 0 Å². The molecule has 5 nitrogen and oxygen atoms in total. The highest BCUT2D eigenvalue weighted by Gasteiger charge is 2.28. The summed E-state index contributed by atoms with van der Waals surface area (Å²) in [5, 5.41) is 16.8. The molecular weight excluding hydrogens is 304 g/mol. The van der Waals surface area contributed by atoms with Gasteiger partial charge in [0.05, 0.1) is 0 Å². The molecule has 3 rings (SSSR count). The molecule has 128 valence electrons. The van der Waals surface area contributed by atoms with Gasteiger partial charge in [-0.1, -0.05) is 12.1 Å². The number of fused-ring (bicyclic) bond motifs is 3. The van der Waals surface area contributed by atoms with E-state index in [1.807, 2.05) is 50.5 Å². The summed E-state index contributed by atoms with van der Waals surface area (Å²) in [7, 11) is 3.78. The van der Waals surface area contributed by atoms with E-state index in [0.717, 1.165) is 46.8 Å². The quantitative estimate of drug-likeness (QED) is 0.647. The number of hydrogen-bond donors (Lipinski definition) is 3. The topological polar surface area (TPSA) is 62.8 Å². The Bertz CT molecular complexity index is 644. The number of likely N-dealkylation sites (N-methyl/N-ethyl adjacent to an activating group) is 2. The summed E-state index contributed by atoms with van der Waals surface area (Å²) in [5.41, 5.74) is 3.89. The fourth-order valence-electron chi connectivity index (χ4n) is 2.91. The average Bonchev–Trinajstić information content (AvgIpc) is 2.88. The number of aliphatic hydroxyl groups is 1. The Balaban J connectivity index is 1.80. The Labute approximate surface area is 142 Å². The number of nitrogens with one attached hydrogen (secondary N) is 2. The summed E-state index contributed by atoms with van der Waals surface area (Å²) in [6.45, 7) is 2.77. The zero-order chi connectivity index (χ0) is 16.9. The molecule has 0 saturated carbocycles. The molecule has 0 heterocycles. The number of ether oxygens (including phenoxy) is 2. The van der Waals surface area contributed by atoms with Gasteiger partial charge in [0.15, 0.2) is 0 Å². The third-order valence-corrected chi connectivity index (χ3v) is 4.17. The van der Waals surface area contributed by atoms with Crippen molar-refractivity contribution in [1.29, 1.82) is 0 Å². The van der Waals surface area contributed by atoms with Gasteiger partial charge >= 0.3 is 0 Å². The molecule has 2 aromatic carbocycles. The average molecular weight is 328 g/mol. The summed E-state index contributed by atoms with van der Waals surface area (Å²) in [6, 6.07) is 11.8. The molecule has 0 radical (unpaired) electrons. The lowest BCUT2D eigenvalue weighted by molar-refractivity contribution is 0.223. The van der Waals surface area contributed by atoms with E-state index >= 15 is 0 Å². The third kappa shape index (κ3) is 3.38. The Hall–Kier alpha value is -2.08. The fourth-order valence-corrected chi connectivity index (χ4v) is 2.91. The minimum absolute atomic E-state index is 0.599. The van der Waals surface area contributed by atoms with E-state index in [1.54, 1.807) is 0 Å². The molecule has 0 fully saturated rings. The van der Waals surface area contributed by atoms with Gasteiger partial charge in [-0.2, -0.15) is 0 Å². The van der Waals surface area contributed by atoms with Gasteiger partial charge in [0.1, 0.15) is 30.8 Å². The minimum Gasteiger partial charge on any atom is -0.492 e. The van der Waals surface area contributed by atoms with Gasteiger partial charge in [-0.15, -0.1) is 0 Å². The number of hydrogen-bond acceptors (Lipinski definition) is 5. The van der Waals surface area contributed by atoms with E-state index in [1.165, 1.54) is 0 Å². The maximum atomic E-state index is 10.7. The predicted molar refractivity (Wildman–Crippen MR) is 94.8 cm³/mol. The molecule has 2 aromatic rings. The van der Waals surface area contributed by atoms with Crippen molar-refractivity contribution in [2.45, 2.75) is 6.10 Å². The van der Waals surface area contributed by atoms with Gasteiger partial charge in [0.2, 0.25) is 0 Å². The first-order chi connectivity index (χ1) is 11.7. The van der Waals surface area contributed by atoms with E-state index in [2.05, 4.69) is 10.6 Å². The molecule has 1 aliphatic carbocycles. The van der Waals surface area contributed by atoms with Crippen molar-refractivity contribution in [3.05, 3.63) is 47.5 Å². The van der Waals surface area contributed by atoms with Crippen LogP contribution in [-0.2, 0) is 0 Å². The van der Waals surface area contributed by atoms with E-state index in [4.69, 9.17) is 9.47 Å². The van der Waals surface area contributed by atoms with Crippen LogP contribution >= 0.6 is 0 Å². The van der Waals surface area contributed by atoms with Crippen LogP contribution in [0.3, 0.4) is 0 Å². The van der Waals surface area contributed by atoms with Crippen molar-refractivity contribution in [3.8, 4) is 22.6 Å². The SMILES string of the molecule is CNCCOc1ccc2c(c1)C(O)c1cc(OCCNC)ccc1-2.